The molecular weight excluding hydrogens is 354 g/mol. The number of Topliss-reactive ketones (excluding diaryl/α,β-unsaturated/α-hetero) is 1. The summed E-state index contributed by atoms with van der Waals surface area (Å²) in [7, 11) is 0. The Labute approximate surface area is 165 Å². The summed E-state index contributed by atoms with van der Waals surface area (Å²) in [4.78, 5) is 25.3. The lowest BCUT2D eigenvalue weighted by Crippen LogP contribution is -2.66. The molecule has 3 N–H and O–H groups in total. The molecule has 1 aromatic carbocycles. The van der Waals surface area contributed by atoms with E-state index in [1.165, 1.54) is 5.56 Å². The predicted octanol–water partition coefficient (Wildman–Crippen LogP) is 3.36. The number of hydrogen-bond donors (Lipinski definition) is 3. The van der Waals surface area contributed by atoms with Crippen LogP contribution in [0.1, 0.15) is 57.9 Å². The van der Waals surface area contributed by atoms with Gasteiger partial charge in [0.15, 0.2) is 5.78 Å². The van der Waals surface area contributed by atoms with E-state index in [1.54, 1.807) is 6.92 Å². The number of benzene rings is 1. The molecule has 0 amide bonds. The molecule has 5 heteroatoms. The van der Waals surface area contributed by atoms with E-state index in [9.17, 15) is 19.8 Å². The third-order valence-corrected chi connectivity index (χ3v) is 9.13. The van der Waals surface area contributed by atoms with Gasteiger partial charge in [0, 0.05) is 17.5 Å². The van der Waals surface area contributed by atoms with Crippen LogP contribution in [0, 0.1) is 22.7 Å². The van der Waals surface area contributed by atoms with Crippen LogP contribution in [-0.4, -0.2) is 34.1 Å². The highest BCUT2D eigenvalue weighted by Crippen LogP contribution is 2.69. The highest BCUT2D eigenvalue weighted by Gasteiger charge is 2.68. The maximum absolute atomic E-state index is 13.0. The molecule has 0 radical (unpaired) electrons. The van der Waals surface area contributed by atoms with Crippen LogP contribution in [0.5, 0.6) is 0 Å². The maximum Gasteiger partial charge on any atom is 0.312 e. The first-order chi connectivity index (χ1) is 13.2. The van der Waals surface area contributed by atoms with Crippen LogP contribution in [0.4, 0.5) is 5.69 Å². The van der Waals surface area contributed by atoms with Gasteiger partial charge >= 0.3 is 5.97 Å². The number of carboxylic acids is 1. The number of para-hydroxylation sites is 1. The fourth-order valence-electron chi connectivity index (χ4n) is 7.67. The molecule has 1 aliphatic heterocycles. The van der Waals surface area contributed by atoms with E-state index in [4.69, 9.17) is 0 Å². The van der Waals surface area contributed by atoms with Gasteiger partial charge in [-0.2, -0.15) is 0 Å². The number of nitrogens with one attached hydrogen (secondary N) is 1. The van der Waals surface area contributed by atoms with E-state index >= 15 is 0 Å². The molecular formula is C23H29NO4. The second-order valence-electron chi connectivity index (χ2n) is 10.1. The van der Waals surface area contributed by atoms with Gasteiger partial charge < -0.3 is 15.5 Å². The lowest BCUT2D eigenvalue weighted by molar-refractivity contribution is -0.197. The summed E-state index contributed by atoms with van der Waals surface area (Å²) in [5, 5.41) is 24.2. The zero-order valence-corrected chi connectivity index (χ0v) is 16.6. The van der Waals surface area contributed by atoms with Crippen LogP contribution in [0.25, 0.3) is 0 Å². The summed E-state index contributed by atoms with van der Waals surface area (Å²) in [6.07, 6.45) is 3.41. The van der Waals surface area contributed by atoms with Gasteiger partial charge in [0.1, 0.15) is 0 Å². The van der Waals surface area contributed by atoms with Crippen LogP contribution in [-0.2, 0) is 15.0 Å². The van der Waals surface area contributed by atoms with E-state index < -0.39 is 17.5 Å². The van der Waals surface area contributed by atoms with Gasteiger partial charge in [-0.25, -0.2) is 0 Å². The van der Waals surface area contributed by atoms with Crippen molar-refractivity contribution in [2.45, 2.75) is 69.9 Å². The van der Waals surface area contributed by atoms with Crippen LogP contribution < -0.4 is 5.32 Å². The molecule has 1 heterocycles. The van der Waals surface area contributed by atoms with E-state index in [0.29, 0.717) is 12.8 Å². The lowest BCUT2D eigenvalue weighted by atomic mass is 9.38. The minimum Gasteiger partial charge on any atom is -0.481 e. The van der Waals surface area contributed by atoms with Crippen molar-refractivity contribution in [3.63, 3.8) is 0 Å². The summed E-state index contributed by atoms with van der Waals surface area (Å²) >= 11 is 0. The molecule has 28 heavy (non-hydrogen) atoms. The summed E-state index contributed by atoms with van der Waals surface area (Å²) in [6, 6.07) is 8.21. The van der Waals surface area contributed by atoms with Crippen LogP contribution in [0.2, 0.25) is 0 Å². The minimum atomic E-state index is -1.15. The van der Waals surface area contributed by atoms with Crippen molar-refractivity contribution in [2.75, 3.05) is 5.32 Å². The van der Waals surface area contributed by atoms with E-state index in [2.05, 4.69) is 30.4 Å². The quantitative estimate of drug-likeness (QED) is 0.692. The number of carbonyl (C=O) groups is 2. The van der Waals surface area contributed by atoms with Crippen molar-refractivity contribution < 1.29 is 19.8 Å². The number of carbonyl (C=O) groups excluding carboxylic acids is 1. The Morgan fingerprint density at radius 1 is 1.14 bits per heavy atom. The van der Waals surface area contributed by atoms with Crippen molar-refractivity contribution >= 4 is 17.4 Å². The van der Waals surface area contributed by atoms with Crippen molar-refractivity contribution in [3.05, 3.63) is 29.8 Å². The highest BCUT2D eigenvalue weighted by atomic mass is 16.4. The number of aliphatic hydroxyl groups is 1. The molecule has 0 aromatic heterocycles. The Kier molecular flexibility index (Phi) is 3.63. The standard InChI is InChI=1S/C23H29NO4/c1-21-9-8-19(26)22(2,20(27)28)17(21)7-10-23-12-15(16(25)11-18(21)23)24-14-6-4-3-5-13(14)23/h3-6,15,17-19,24,26H,7-12H2,1-2H3,(H,27,28)/t15-,17-,18?,19+,21+,22+,23-/m1/s1. The van der Waals surface area contributed by atoms with E-state index in [-0.39, 0.29) is 34.5 Å². The van der Waals surface area contributed by atoms with Crippen LogP contribution >= 0.6 is 0 Å². The number of rotatable bonds is 1. The van der Waals surface area contributed by atoms with Gasteiger partial charge in [-0.15, -0.1) is 0 Å². The smallest absolute Gasteiger partial charge is 0.312 e. The van der Waals surface area contributed by atoms with Crippen molar-refractivity contribution in [3.8, 4) is 0 Å². The fourth-order valence-corrected chi connectivity index (χ4v) is 7.67. The normalized spacial score (nSPS) is 46.6. The Bertz CT molecular complexity index is 868. The molecule has 5 rings (SSSR count). The summed E-state index contributed by atoms with van der Waals surface area (Å²) < 4.78 is 0. The zero-order valence-electron chi connectivity index (χ0n) is 16.6. The Morgan fingerprint density at radius 2 is 1.89 bits per heavy atom. The molecule has 7 atom stereocenters. The number of anilines is 1. The first kappa shape index (κ1) is 18.2. The summed E-state index contributed by atoms with van der Waals surface area (Å²) in [5.41, 5.74) is 0.867. The van der Waals surface area contributed by atoms with Gasteiger partial charge in [-0.1, -0.05) is 25.1 Å². The average molecular weight is 383 g/mol. The molecule has 2 bridgehead atoms. The first-order valence-corrected chi connectivity index (χ1v) is 10.5. The van der Waals surface area contributed by atoms with Crippen molar-refractivity contribution in [1.82, 2.24) is 0 Å². The zero-order chi connectivity index (χ0) is 19.9. The highest BCUT2D eigenvalue weighted by molar-refractivity contribution is 5.90. The number of ketones is 1. The molecule has 3 fully saturated rings. The molecule has 4 aliphatic rings. The van der Waals surface area contributed by atoms with Gasteiger partial charge in [0.05, 0.1) is 17.6 Å². The average Bonchev–Trinajstić information content (AvgIpc) is 2.67. The number of carboxylic acid groups (broad SMARTS) is 1. The summed E-state index contributed by atoms with van der Waals surface area (Å²) in [5.74, 6) is -0.655. The van der Waals surface area contributed by atoms with E-state index in [1.807, 2.05) is 6.07 Å². The van der Waals surface area contributed by atoms with Crippen LogP contribution in [0.3, 0.4) is 0 Å². The Hall–Kier alpha value is -1.88. The monoisotopic (exact) mass is 383 g/mol. The number of aliphatic carboxylic acids is 1. The molecule has 0 saturated heterocycles. The van der Waals surface area contributed by atoms with Gasteiger partial charge in [0.2, 0.25) is 0 Å². The van der Waals surface area contributed by atoms with Crippen molar-refractivity contribution in [1.29, 1.82) is 0 Å². The number of hydrogen-bond acceptors (Lipinski definition) is 4. The third kappa shape index (κ3) is 2.01. The topological polar surface area (TPSA) is 86.6 Å². The first-order valence-electron chi connectivity index (χ1n) is 10.5. The number of aliphatic hydroxyl groups excluding tert-OH is 1. The van der Waals surface area contributed by atoms with Gasteiger partial charge in [0.25, 0.3) is 0 Å². The third-order valence-electron chi connectivity index (χ3n) is 9.13. The molecule has 1 spiro atoms. The lowest BCUT2D eigenvalue weighted by Gasteiger charge is -2.66. The van der Waals surface area contributed by atoms with Crippen molar-refractivity contribution in [2.24, 2.45) is 22.7 Å². The van der Waals surface area contributed by atoms with Crippen LogP contribution in [0.15, 0.2) is 24.3 Å². The second-order valence-corrected chi connectivity index (χ2v) is 10.1. The second kappa shape index (κ2) is 5.59. The minimum absolute atomic E-state index is 0.0760. The predicted molar refractivity (Wildman–Crippen MR) is 105 cm³/mol. The molecule has 5 nitrogen and oxygen atoms in total. The van der Waals surface area contributed by atoms with Gasteiger partial charge in [-0.3, -0.25) is 9.59 Å². The number of fused-ring (bicyclic) bond motifs is 4. The SMILES string of the molecule is C[C@@]1(C(=O)O)[C@@H](O)CC[C@]2(C)C3CC(=O)[C@H]4C[C@]3(CC[C@@H]12)c1ccccc1N4. The molecule has 1 aromatic rings. The molecule has 1 unspecified atom stereocenters. The molecule has 3 aliphatic carbocycles. The molecule has 150 valence electrons. The fraction of sp³-hybridized carbons (Fsp3) is 0.652. The molecule has 3 saturated carbocycles. The Balaban J connectivity index is 1.67. The Morgan fingerprint density at radius 3 is 2.64 bits per heavy atom. The van der Waals surface area contributed by atoms with Gasteiger partial charge in [-0.05, 0) is 67.9 Å². The summed E-state index contributed by atoms with van der Waals surface area (Å²) in [6.45, 7) is 3.93. The van der Waals surface area contributed by atoms with E-state index in [0.717, 1.165) is 31.4 Å². The maximum atomic E-state index is 13.0. The largest absolute Gasteiger partial charge is 0.481 e.